The fourth-order valence-electron chi connectivity index (χ4n) is 3.48. The van der Waals surface area contributed by atoms with E-state index in [1.165, 1.54) is 0 Å². The number of carbonyl (C=O) groups excluding carboxylic acids is 2. The maximum atomic E-state index is 12.6. The van der Waals surface area contributed by atoms with Gasteiger partial charge in [-0.15, -0.1) is 10.2 Å². The largest absolute Gasteiger partial charge is 0.331 e. The van der Waals surface area contributed by atoms with E-state index < -0.39 is 0 Å². The summed E-state index contributed by atoms with van der Waals surface area (Å²) >= 11 is 0. The number of amides is 3. The Labute approximate surface area is 168 Å². The molecule has 3 aromatic heterocycles. The summed E-state index contributed by atoms with van der Waals surface area (Å²) in [5.41, 5.74) is 2.18. The molecule has 1 atom stereocenters. The van der Waals surface area contributed by atoms with E-state index in [-0.39, 0.29) is 17.9 Å². The Bertz CT molecular complexity index is 1060. The molecule has 1 saturated heterocycles. The lowest BCUT2D eigenvalue weighted by Gasteiger charge is -2.21. The highest BCUT2D eigenvalue weighted by molar-refractivity contribution is 6.03. The topological polar surface area (TPSA) is 95.7 Å². The maximum absolute atomic E-state index is 12.6. The van der Waals surface area contributed by atoms with Gasteiger partial charge in [-0.2, -0.15) is 0 Å². The summed E-state index contributed by atoms with van der Waals surface area (Å²) in [5.74, 6) is 1.08. The minimum Gasteiger partial charge on any atom is -0.331 e. The average molecular weight is 393 g/mol. The number of carbonyl (C=O) groups is 2. The molecular weight excluding hydrogens is 370 g/mol. The summed E-state index contributed by atoms with van der Waals surface area (Å²) in [7, 11) is 3.49. The number of urea groups is 1. The molecule has 0 aromatic carbocycles. The monoisotopic (exact) mass is 393 g/mol. The van der Waals surface area contributed by atoms with E-state index >= 15 is 0 Å². The van der Waals surface area contributed by atoms with E-state index in [1.807, 2.05) is 22.3 Å². The third-order valence-electron chi connectivity index (χ3n) is 5.05. The molecule has 29 heavy (non-hydrogen) atoms. The van der Waals surface area contributed by atoms with Gasteiger partial charge < -0.3 is 15.1 Å². The smallest absolute Gasteiger partial charge is 0.319 e. The van der Waals surface area contributed by atoms with Gasteiger partial charge in [-0.25, -0.2) is 9.78 Å². The van der Waals surface area contributed by atoms with Crippen molar-refractivity contribution in [1.29, 1.82) is 0 Å². The fourth-order valence-corrected chi connectivity index (χ4v) is 3.48. The molecule has 150 valence electrons. The predicted octanol–water partition coefficient (Wildman–Crippen LogP) is 2.16. The number of likely N-dealkylation sites (tertiary alicyclic amines) is 1. The second kappa shape index (κ2) is 7.50. The Morgan fingerprint density at radius 3 is 2.72 bits per heavy atom. The molecule has 4 heterocycles. The fraction of sp³-hybridized carbons (Fsp3) is 0.350. The van der Waals surface area contributed by atoms with Crippen molar-refractivity contribution < 1.29 is 9.59 Å². The van der Waals surface area contributed by atoms with Gasteiger partial charge in [-0.3, -0.25) is 9.20 Å². The van der Waals surface area contributed by atoms with Gasteiger partial charge in [0, 0.05) is 45.5 Å². The van der Waals surface area contributed by atoms with E-state index in [9.17, 15) is 9.59 Å². The van der Waals surface area contributed by atoms with Crippen LogP contribution < -0.4 is 5.32 Å². The highest BCUT2D eigenvalue weighted by atomic mass is 16.2. The summed E-state index contributed by atoms with van der Waals surface area (Å²) in [5, 5.41) is 11.3. The zero-order chi connectivity index (χ0) is 20.5. The lowest BCUT2D eigenvalue weighted by atomic mass is 10.1. The molecule has 1 unspecified atom stereocenters. The van der Waals surface area contributed by atoms with Crippen molar-refractivity contribution in [3.05, 3.63) is 53.6 Å². The summed E-state index contributed by atoms with van der Waals surface area (Å²) in [4.78, 5) is 32.5. The molecule has 1 aliphatic rings. The van der Waals surface area contributed by atoms with Crippen LogP contribution in [0.2, 0.25) is 0 Å². The van der Waals surface area contributed by atoms with Gasteiger partial charge in [0.2, 0.25) is 0 Å². The zero-order valence-corrected chi connectivity index (χ0v) is 16.7. The molecular formula is C20H23N7O2. The first-order chi connectivity index (χ1) is 13.9. The number of nitrogens with zero attached hydrogens (tertiary/aromatic N) is 6. The van der Waals surface area contributed by atoms with E-state index in [1.54, 1.807) is 49.6 Å². The van der Waals surface area contributed by atoms with Crippen molar-refractivity contribution in [2.75, 3.05) is 32.5 Å². The minimum absolute atomic E-state index is 0.00742. The quantitative estimate of drug-likeness (QED) is 0.736. The van der Waals surface area contributed by atoms with Crippen LogP contribution in [0.5, 0.6) is 0 Å². The summed E-state index contributed by atoms with van der Waals surface area (Å²) in [6, 6.07) is 7.14. The van der Waals surface area contributed by atoms with E-state index in [4.69, 9.17) is 0 Å². The second-order valence-corrected chi connectivity index (χ2v) is 7.49. The maximum Gasteiger partial charge on any atom is 0.319 e. The molecule has 0 saturated carbocycles. The Balaban J connectivity index is 1.56. The van der Waals surface area contributed by atoms with Gasteiger partial charge in [0.25, 0.3) is 5.91 Å². The van der Waals surface area contributed by atoms with Crippen LogP contribution in [0, 0.1) is 6.92 Å². The first-order valence-corrected chi connectivity index (χ1v) is 9.47. The second-order valence-electron chi connectivity index (χ2n) is 7.49. The van der Waals surface area contributed by atoms with Gasteiger partial charge in [-0.1, -0.05) is 6.07 Å². The van der Waals surface area contributed by atoms with Crippen LogP contribution in [0.15, 0.2) is 36.7 Å². The zero-order valence-electron chi connectivity index (χ0n) is 16.7. The lowest BCUT2D eigenvalue weighted by Crippen LogP contribution is -2.37. The molecule has 9 heteroatoms. The van der Waals surface area contributed by atoms with Gasteiger partial charge in [0.05, 0.1) is 5.56 Å². The van der Waals surface area contributed by atoms with Crippen molar-refractivity contribution in [2.24, 2.45) is 0 Å². The third kappa shape index (κ3) is 3.75. The Morgan fingerprint density at radius 1 is 1.17 bits per heavy atom. The summed E-state index contributed by atoms with van der Waals surface area (Å²) in [6.45, 7) is 3.20. The summed E-state index contributed by atoms with van der Waals surface area (Å²) < 4.78 is 1.84. The van der Waals surface area contributed by atoms with Crippen LogP contribution in [-0.2, 0) is 0 Å². The van der Waals surface area contributed by atoms with Gasteiger partial charge in [0.15, 0.2) is 5.65 Å². The molecule has 4 rings (SSSR count). The third-order valence-corrected chi connectivity index (χ3v) is 5.05. The number of rotatable bonds is 3. The predicted molar refractivity (Wildman–Crippen MR) is 108 cm³/mol. The van der Waals surface area contributed by atoms with Crippen LogP contribution in [0.4, 0.5) is 10.6 Å². The van der Waals surface area contributed by atoms with Crippen LogP contribution in [-0.4, -0.2) is 68.5 Å². The highest BCUT2D eigenvalue weighted by Gasteiger charge is 2.31. The first kappa shape index (κ1) is 18.9. The average Bonchev–Trinajstić information content (AvgIpc) is 3.35. The van der Waals surface area contributed by atoms with Crippen molar-refractivity contribution in [3.8, 4) is 0 Å². The molecule has 0 bridgehead atoms. The molecule has 0 radical (unpaired) electrons. The molecule has 0 aliphatic carbocycles. The van der Waals surface area contributed by atoms with E-state index in [2.05, 4.69) is 20.5 Å². The van der Waals surface area contributed by atoms with Crippen molar-refractivity contribution in [3.63, 3.8) is 0 Å². The number of nitrogens with one attached hydrogen (secondary N) is 1. The minimum atomic E-state index is -0.251. The van der Waals surface area contributed by atoms with E-state index in [0.717, 1.165) is 17.8 Å². The van der Waals surface area contributed by atoms with Crippen LogP contribution in [0.1, 0.15) is 34.1 Å². The molecule has 9 nitrogen and oxygen atoms in total. The number of aromatic nitrogens is 4. The number of anilines is 1. The molecule has 1 fully saturated rings. The first-order valence-electron chi connectivity index (χ1n) is 9.47. The van der Waals surface area contributed by atoms with Crippen molar-refractivity contribution in [2.45, 2.75) is 19.3 Å². The molecule has 1 N–H and O–H groups in total. The number of aryl methyl sites for hydroxylation is 1. The van der Waals surface area contributed by atoms with Gasteiger partial charge >= 0.3 is 6.03 Å². The van der Waals surface area contributed by atoms with E-state index in [0.29, 0.717) is 30.1 Å². The van der Waals surface area contributed by atoms with Crippen LogP contribution >= 0.6 is 0 Å². The number of pyridine rings is 2. The molecule has 0 spiro atoms. The number of fused-ring (bicyclic) bond motifs is 1. The summed E-state index contributed by atoms with van der Waals surface area (Å²) in [6.07, 6.45) is 4.26. The molecule has 1 aliphatic heterocycles. The lowest BCUT2D eigenvalue weighted by molar-refractivity contribution is 0.102. The number of hydrogen-bond acceptors (Lipinski definition) is 5. The van der Waals surface area contributed by atoms with Crippen molar-refractivity contribution in [1.82, 2.24) is 29.4 Å². The molecule has 3 aromatic rings. The normalized spacial score (nSPS) is 16.2. The van der Waals surface area contributed by atoms with Gasteiger partial charge in [-0.05, 0) is 37.1 Å². The van der Waals surface area contributed by atoms with Crippen LogP contribution in [0.3, 0.4) is 0 Å². The Hall–Kier alpha value is -3.49. The Morgan fingerprint density at radius 2 is 2.00 bits per heavy atom. The van der Waals surface area contributed by atoms with Gasteiger partial charge in [0.1, 0.15) is 11.6 Å². The van der Waals surface area contributed by atoms with Crippen molar-refractivity contribution >= 4 is 23.4 Å². The SMILES string of the molecule is Cc1ccc(NC(=O)c2ccc3nnc(C4CCN(C(=O)N(C)C)C4)n3c2)nc1. The highest BCUT2D eigenvalue weighted by Crippen LogP contribution is 2.27. The van der Waals surface area contributed by atoms with Crippen LogP contribution in [0.25, 0.3) is 5.65 Å². The molecule has 3 amide bonds. The number of hydrogen-bond donors (Lipinski definition) is 1. The standard InChI is InChI=1S/C20H23N7O2/c1-13-4-6-16(21-10-13)22-19(28)15-5-7-17-23-24-18(27(17)12-15)14-8-9-26(11-14)20(29)25(2)3/h4-7,10,12,14H,8-9,11H2,1-3H3,(H,21,22,28). The Kier molecular flexibility index (Phi) is 4.87.